The van der Waals surface area contributed by atoms with Crippen LogP contribution < -0.4 is 11.1 Å². The van der Waals surface area contributed by atoms with Crippen LogP contribution in [-0.4, -0.2) is 40.3 Å². The van der Waals surface area contributed by atoms with Gasteiger partial charge >= 0.3 is 0 Å². The van der Waals surface area contributed by atoms with Gasteiger partial charge in [0.2, 0.25) is 0 Å². The molecule has 3 rings (SSSR count). The van der Waals surface area contributed by atoms with Gasteiger partial charge in [-0.3, -0.25) is 19.8 Å². The summed E-state index contributed by atoms with van der Waals surface area (Å²) < 4.78 is 0. The number of carbonyl (C=O) groups is 1. The molecular formula is C19H22ClN5O3. The molecule has 0 unspecified atom stereocenters. The molecule has 148 valence electrons. The molecule has 0 spiro atoms. The number of hydrogen-bond acceptors (Lipinski definition) is 6. The molecule has 2 aromatic rings. The van der Waals surface area contributed by atoms with Crippen molar-refractivity contribution in [3.05, 3.63) is 62.8 Å². The van der Waals surface area contributed by atoms with E-state index in [-0.39, 0.29) is 17.1 Å². The summed E-state index contributed by atoms with van der Waals surface area (Å²) in [5, 5.41) is 14.8. The maximum absolute atomic E-state index is 11.6. The van der Waals surface area contributed by atoms with Crippen LogP contribution in [-0.2, 0) is 6.54 Å². The third-order valence-electron chi connectivity index (χ3n) is 4.97. The number of nitro groups is 1. The number of rotatable bonds is 7. The first kappa shape index (κ1) is 20.0. The number of nitrogens with two attached hydrogens (primary N) is 1. The van der Waals surface area contributed by atoms with Gasteiger partial charge in [-0.1, -0.05) is 29.8 Å². The molecule has 0 saturated carbocycles. The van der Waals surface area contributed by atoms with E-state index in [2.05, 4.69) is 15.2 Å². The maximum atomic E-state index is 11.6. The molecule has 2 heterocycles. The standard InChI is InChI=1S/C19H22ClN5O3/c20-17-4-2-1-3-14(17)12-24-7-5-13(6-8-24)10-22-19-16(18(21)26)9-15(11-23-19)25(27)28/h1-4,9,11,13H,5-8,10,12H2,(H2,21,26)(H,22,23). The van der Waals surface area contributed by atoms with E-state index in [1.165, 1.54) is 0 Å². The molecule has 0 radical (unpaired) electrons. The summed E-state index contributed by atoms with van der Waals surface area (Å²) in [6, 6.07) is 9.02. The quantitative estimate of drug-likeness (QED) is 0.542. The van der Waals surface area contributed by atoms with E-state index in [1.807, 2.05) is 24.3 Å². The van der Waals surface area contributed by atoms with Gasteiger partial charge in [-0.25, -0.2) is 4.98 Å². The predicted octanol–water partition coefficient (Wildman–Crippen LogP) is 3.07. The number of benzene rings is 1. The average Bonchev–Trinajstić information content (AvgIpc) is 2.69. The number of piperidine rings is 1. The van der Waals surface area contributed by atoms with Crippen molar-refractivity contribution in [2.75, 3.05) is 25.0 Å². The number of halogens is 1. The van der Waals surface area contributed by atoms with Crippen molar-refractivity contribution >= 4 is 29.0 Å². The second kappa shape index (κ2) is 8.99. The molecule has 1 aromatic heterocycles. The van der Waals surface area contributed by atoms with Gasteiger partial charge in [-0.05, 0) is 43.5 Å². The molecule has 1 aliphatic rings. The highest BCUT2D eigenvalue weighted by Gasteiger charge is 2.21. The van der Waals surface area contributed by atoms with Crippen LogP contribution in [0.15, 0.2) is 36.5 Å². The number of nitrogens with one attached hydrogen (secondary N) is 1. The summed E-state index contributed by atoms with van der Waals surface area (Å²) >= 11 is 6.24. The van der Waals surface area contributed by atoms with Crippen molar-refractivity contribution in [1.29, 1.82) is 0 Å². The first-order chi connectivity index (χ1) is 13.4. The summed E-state index contributed by atoms with van der Waals surface area (Å²) in [7, 11) is 0. The fourth-order valence-electron chi connectivity index (χ4n) is 3.34. The zero-order chi connectivity index (χ0) is 20.1. The molecule has 1 fully saturated rings. The second-order valence-electron chi connectivity index (χ2n) is 6.90. The smallest absolute Gasteiger partial charge is 0.288 e. The normalized spacial score (nSPS) is 15.3. The first-order valence-corrected chi connectivity index (χ1v) is 9.45. The van der Waals surface area contributed by atoms with Gasteiger partial charge in [0, 0.05) is 24.2 Å². The van der Waals surface area contributed by atoms with Gasteiger partial charge in [-0.2, -0.15) is 0 Å². The minimum atomic E-state index is -0.742. The average molecular weight is 404 g/mol. The van der Waals surface area contributed by atoms with Crippen LogP contribution in [0, 0.1) is 16.0 Å². The summed E-state index contributed by atoms with van der Waals surface area (Å²) in [6.07, 6.45) is 3.12. The summed E-state index contributed by atoms with van der Waals surface area (Å²) in [5.74, 6) is -0.0370. The van der Waals surface area contributed by atoms with Crippen LogP contribution in [0.25, 0.3) is 0 Å². The highest BCUT2D eigenvalue weighted by atomic mass is 35.5. The summed E-state index contributed by atoms with van der Waals surface area (Å²) in [5.41, 5.74) is 6.24. The van der Waals surface area contributed by atoms with Crippen LogP contribution in [0.3, 0.4) is 0 Å². The number of nitrogens with zero attached hydrogens (tertiary/aromatic N) is 3. The lowest BCUT2D eigenvalue weighted by Crippen LogP contribution is -2.35. The molecule has 1 aliphatic heterocycles. The zero-order valence-electron chi connectivity index (χ0n) is 15.3. The Kier molecular flexibility index (Phi) is 6.43. The summed E-state index contributed by atoms with van der Waals surface area (Å²) in [4.78, 5) is 28.2. The van der Waals surface area contributed by atoms with Crippen LogP contribution >= 0.6 is 11.6 Å². The second-order valence-corrected chi connectivity index (χ2v) is 7.31. The number of amides is 1. The Bertz CT molecular complexity index is 868. The van der Waals surface area contributed by atoms with Gasteiger partial charge in [0.05, 0.1) is 10.5 Å². The topological polar surface area (TPSA) is 114 Å². The van der Waals surface area contributed by atoms with Crippen LogP contribution in [0.5, 0.6) is 0 Å². The number of likely N-dealkylation sites (tertiary alicyclic amines) is 1. The number of aromatic nitrogens is 1. The van der Waals surface area contributed by atoms with E-state index in [0.717, 1.165) is 55.3 Å². The molecule has 1 aromatic carbocycles. The van der Waals surface area contributed by atoms with Crippen molar-refractivity contribution in [3.8, 4) is 0 Å². The van der Waals surface area contributed by atoms with Gasteiger partial charge < -0.3 is 11.1 Å². The van der Waals surface area contributed by atoms with Gasteiger partial charge in [0.25, 0.3) is 11.6 Å². The van der Waals surface area contributed by atoms with Gasteiger partial charge in [-0.15, -0.1) is 0 Å². The number of carbonyl (C=O) groups excluding carboxylic acids is 1. The summed E-state index contributed by atoms with van der Waals surface area (Å²) in [6.45, 7) is 3.36. The fraction of sp³-hybridized carbons (Fsp3) is 0.368. The predicted molar refractivity (Wildman–Crippen MR) is 107 cm³/mol. The lowest BCUT2D eigenvalue weighted by Gasteiger charge is -2.32. The van der Waals surface area contributed by atoms with Gasteiger partial charge in [0.15, 0.2) is 0 Å². The fourth-order valence-corrected chi connectivity index (χ4v) is 3.53. The van der Waals surface area contributed by atoms with E-state index < -0.39 is 10.8 Å². The number of pyridine rings is 1. The third kappa shape index (κ3) is 4.96. The third-order valence-corrected chi connectivity index (χ3v) is 5.34. The molecule has 0 atom stereocenters. The van der Waals surface area contributed by atoms with E-state index in [0.29, 0.717) is 12.5 Å². The Morgan fingerprint density at radius 3 is 2.71 bits per heavy atom. The van der Waals surface area contributed by atoms with Crippen molar-refractivity contribution in [2.24, 2.45) is 11.7 Å². The number of primary amides is 1. The van der Waals surface area contributed by atoms with Crippen LogP contribution in [0.4, 0.5) is 11.5 Å². The largest absolute Gasteiger partial charge is 0.369 e. The highest BCUT2D eigenvalue weighted by molar-refractivity contribution is 6.31. The van der Waals surface area contributed by atoms with E-state index in [9.17, 15) is 14.9 Å². The molecule has 3 N–H and O–H groups in total. The molecule has 0 bridgehead atoms. The van der Waals surface area contributed by atoms with Crippen LogP contribution in [0.2, 0.25) is 5.02 Å². The minimum Gasteiger partial charge on any atom is -0.369 e. The number of anilines is 1. The Hall–Kier alpha value is -2.71. The Labute approximate surface area is 167 Å². The molecule has 1 amide bonds. The zero-order valence-corrected chi connectivity index (χ0v) is 16.1. The molecule has 9 heteroatoms. The van der Waals surface area contributed by atoms with Crippen molar-refractivity contribution in [1.82, 2.24) is 9.88 Å². The van der Waals surface area contributed by atoms with E-state index in [1.54, 1.807) is 0 Å². The molecule has 28 heavy (non-hydrogen) atoms. The van der Waals surface area contributed by atoms with Crippen molar-refractivity contribution < 1.29 is 9.72 Å². The van der Waals surface area contributed by atoms with Gasteiger partial charge in [0.1, 0.15) is 12.0 Å². The van der Waals surface area contributed by atoms with Crippen LogP contribution in [0.1, 0.15) is 28.8 Å². The van der Waals surface area contributed by atoms with E-state index >= 15 is 0 Å². The molecule has 1 saturated heterocycles. The van der Waals surface area contributed by atoms with Crippen molar-refractivity contribution in [2.45, 2.75) is 19.4 Å². The SMILES string of the molecule is NC(=O)c1cc([N+](=O)[O-])cnc1NCC1CCN(Cc2ccccc2Cl)CC1. The Morgan fingerprint density at radius 2 is 2.07 bits per heavy atom. The van der Waals surface area contributed by atoms with E-state index in [4.69, 9.17) is 17.3 Å². The minimum absolute atomic E-state index is 0.0327. The lowest BCUT2D eigenvalue weighted by molar-refractivity contribution is -0.385. The van der Waals surface area contributed by atoms with Crippen molar-refractivity contribution in [3.63, 3.8) is 0 Å². The maximum Gasteiger partial charge on any atom is 0.288 e. The molecular weight excluding hydrogens is 382 g/mol. The highest BCUT2D eigenvalue weighted by Crippen LogP contribution is 2.24. The Balaban J connectivity index is 1.54. The first-order valence-electron chi connectivity index (χ1n) is 9.08. The Morgan fingerprint density at radius 1 is 1.36 bits per heavy atom. The molecule has 0 aliphatic carbocycles. The molecule has 8 nitrogen and oxygen atoms in total. The number of hydrogen-bond donors (Lipinski definition) is 2. The lowest BCUT2D eigenvalue weighted by atomic mass is 9.96. The monoisotopic (exact) mass is 403 g/mol.